The first-order valence-corrected chi connectivity index (χ1v) is 11.7. The molecule has 35 heavy (non-hydrogen) atoms. The van der Waals surface area contributed by atoms with Gasteiger partial charge in [-0.15, -0.1) is 0 Å². The molecular formula is C26H28F6N2O. The van der Waals surface area contributed by atoms with Crippen LogP contribution in [0.4, 0.5) is 26.3 Å². The fourth-order valence-corrected chi connectivity index (χ4v) is 5.65. The van der Waals surface area contributed by atoms with E-state index in [4.69, 9.17) is 0 Å². The van der Waals surface area contributed by atoms with Gasteiger partial charge in [0, 0.05) is 12.6 Å². The molecule has 0 spiro atoms. The maximum atomic E-state index is 13.7. The Balaban J connectivity index is 1.71. The molecule has 0 radical (unpaired) electrons. The van der Waals surface area contributed by atoms with Crippen LogP contribution in [0, 0.1) is 0 Å². The zero-order valence-corrected chi connectivity index (χ0v) is 19.6. The van der Waals surface area contributed by atoms with Crippen LogP contribution >= 0.6 is 0 Å². The van der Waals surface area contributed by atoms with Crippen LogP contribution in [0.15, 0.2) is 48.5 Å². The molecule has 0 aromatic heterocycles. The first-order chi connectivity index (χ1) is 16.3. The number of rotatable bonds is 4. The number of nitrogens with zero attached hydrogens (tertiary/aromatic N) is 2. The highest BCUT2D eigenvalue weighted by atomic mass is 19.4. The third-order valence-electron chi connectivity index (χ3n) is 7.56. The SMILES string of the molecule is CN(C)C1CCC(c2ccccc2)(N2CC[C@@H](c3cc(C(F)(F)F)cc(C(F)(F)F)c3)C2=O)CC1. The zero-order valence-electron chi connectivity index (χ0n) is 19.6. The van der Waals surface area contributed by atoms with Gasteiger partial charge in [-0.3, -0.25) is 4.79 Å². The maximum Gasteiger partial charge on any atom is 0.416 e. The van der Waals surface area contributed by atoms with Crippen LogP contribution in [0.5, 0.6) is 0 Å². The number of likely N-dealkylation sites (tertiary alicyclic amines) is 1. The third kappa shape index (κ3) is 4.92. The van der Waals surface area contributed by atoms with Gasteiger partial charge in [0.1, 0.15) is 0 Å². The van der Waals surface area contributed by atoms with Crippen molar-refractivity contribution in [2.24, 2.45) is 0 Å². The molecule has 1 amide bonds. The number of benzene rings is 2. The molecule has 2 aromatic carbocycles. The average molecular weight is 499 g/mol. The largest absolute Gasteiger partial charge is 0.416 e. The lowest BCUT2D eigenvalue weighted by molar-refractivity contribution is -0.143. The van der Waals surface area contributed by atoms with Gasteiger partial charge in [0.2, 0.25) is 5.91 Å². The van der Waals surface area contributed by atoms with E-state index in [9.17, 15) is 31.1 Å². The monoisotopic (exact) mass is 498 g/mol. The molecule has 1 aliphatic carbocycles. The minimum atomic E-state index is -4.95. The Bertz CT molecular complexity index is 1020. The molecule has 0 unspecified atom stereocenters. The topological polar surface area (TPSA) is 23.6 Å². The number of carbonyl (C=O) groups is 1. The van der Waals surface area contributed by atoms with E-state index >= 15 is 0 Å². The molecule has 2 fully saturated rings. The standard InChI is InChI=1S/C26H28F6N2O/c1-33(2)21-8-11-24(12-9-21,18-6-4-3-5-7-18)34-13-10-22(23(34)35)17-14-19(25(27,28)29)16-20(15-17)26(30,31)32/h3-7,14-16,21-22H,8-13H2,1-2H3/t21?,22-,24?/m0/s1. The summed E-state index contributed by atoms with van der Waals surface area (Å²) >= 11 is 0. The summed E-state index contributed by atoms with van der Waals surface area (Å²) < 4.78 is 80.4. The summed E-state index contributed by atoms with van der Waals surface area (Å²) in [4.78, 5) is 17.5. The Morgan fingerprint density at radius 2 is 1.40 bits per heavy atom. The van der Waals surface area contributed by atoms with Crippen LogP contribution in [-0.4, -0.2) is 42.4 Å². The molecule has 1 aliphatic heterocycles. The van der Waals surface area contributed by atoms with Gasteiger partial charge in [0.15, 0.2) is 0 Å². The second-order valence-electron chi connectivity index (χ2n) is 9.76. The van der Waals surface area contributed by atoms with Crippen LogP contribution in [0.1, 0.15) is 60.3 Å². The predicted molar refractivity (Wildman–Crippen MR) is 120 cm³/mol. The normalized spacial score (nSPS) is 26.0. The molecule has 1 saturated heterocycles. The van der Waals surface area contributed by atoms with Gasteiger partial charge in [0.25, 0.3) is 0 Å². The van der Waals surface area contributed by atoms with E-state index in [2.05, 4.69) is 4.90 Å². The van der Waals surface area contributed by atoms with E-state index in [0.29, 0.717) is 31.0 Å². The Morgan fingerprint density at radius 3 is 1.89 bits per heavy atom. The molecule has 1 heterocycles. The molecule has 190 valence electrons. The van der Waals surface area contributed by atoms with E-state index in [1.165, 1.54) is 0 Å². The quantitative estimate of drug-likeness (QED) is 0.453. The summed E-state index contributed by atoms with van der Waals surface area (Å²) in [7, 11) is 4.01. The lowest BCUT2D eigenvalue weighted by Gasteiger charge is -2.48. The highest BCUT2D eigenvalue weighted by molar-refractivity contribution is 5.87. The second-order valence-corrected chi connectivity index (χ2v) is 9.76. The number of halogens is 6. The number of carbonyl (C=O) groups excluding carboxylic acids is 1. The molecule has 0 N–H and O–H groups in total. The molecule has 4 rings (SSSR count). The van der Waals surface area contributed by atoms with Crippen LogP contribution in [0.25, 0.3) is 0 Å². The van der Waals surface area contributed by atoms with Crippen molar-refractivity contribution in [2.75, 3.05) is 20.6 Å². The van der Waals surface area contributed by atoms with Crippen LogP contribution in [0.2, 0.25) is 0 Å². The van der Waals surface area contributed by atoms with Crippen LogP contribution < -0.4 is 0 Å². The number of hydrogen-bond donors (Lipinski definition) is 0. The van der Waals surface area contributed by atoms with Crippen molar-refractivity contribution in [3.63, 3.8) is 0 Å². The van der Waals surface area contributed by atoms with Gasteiger partial charge in [0.05, 0.1) is 22.6 Å². The van der Waals surface area contributed by atoms with Crippen molar-refractivity contribution in [2.45, 2.75) is 62.0 Å². The van der Waals surface area contributed by atoms with Gasteiger partial charge in [-0.25, -0.2) is 0 Å². The molecule has 2 aliphatic rings. The summed E-state index contributed by atoms with van der Waals surface area (Å²) in [5.41, 5.74) is -2.69. The van der Waals surface area contributed by atoms with Crippen LogP contribution in [0.3, 0.4) is 0 Å². The van der Waals surface area contributed by atoms with Gasteiger partial charge >= 0.3 is 12.4 Å². The summed E-state index contributed by atoms with van der Waals surface area (Å²) in [6.45, 7) is 0.280. The fraction of sp³-hybridized carbons (Fsp3) is 0.500. The Labute approximate surface area is 200 Å². The van der Waals surface area contributed by atoms with E-state index < -0.39 is 40.8 Å². The molecule has 9 heteroatoms. The highest BCUT2D eigenvalue weighted by Gasteiger charge is 2.49. The number of amides is 1. The van der Waals surface area contributed by atoms with Crippen molar-refractivity contribution in [1.82, 2.24) is 9.80 Å². The summed E-state index contributed by atoms with van der Waals surface area (Å²) in [6, 6.07) is 11.4. The molecular weight excluding hydrogens is 470 g/mol. The van der Waals surface area contributed by atoms with E-state index in [-0.39, 0.29) is 24.6 Å². The first kappa shape index (κ1) is 25.5. The molecule has 1 atom stereocenters. The molecule has 0 bridgehead atoms. The Morgan fingerprint density at radius 1 is 0.857 bits per heavy atom. The van der Waals surface area contributed by atoms with Crippen LogP contribution in [-0.2, 0) is 22.7 Å². The zero-order chi connectivity index (χ0) is 25.6. The minimum absolute atomic E-state index is 0.106. The van der Waals surface area contributed by atoms with Crippen molar-refractivity contribution in [3.05, 3.63) is 70.8 Å². The lowest BCUT2D eigenvalue weighted by Crippen LogP contribution is -2.51. The fourth-order valence-electron chi connectivity index (χ4n) is 5.65. The molecule has 3 nitrogen and oxygen atoms in total. The highest BCUT2D eigenvalue weighted by Crippen LogP contribution is 2.48. The number of alkyl halides is 6. The van der Waals surface area contributed by atoms with Gasteiger partial charge in [-0.05, 0) is 75.5 Å². The number of hydrogen-bond acceptors (Lipinski definition) is 2. The van der Waals surface area contributed by atoms with E-state index in [1.54, 1.807) is 4.90 Å². The second kappa shape index (κ2) is 9.15. The molecule has 1 saturated carbocycles. The van der Waals surface area contributed by atoms with Gasteiger partial charge in [-0.1, -0.05) is 30.3 Å². The van der Waals surface area contributed by atoms with Gasteiger partial charge in [-0.2, -0.15) is 26.3 Å². The Hall–Kier alpha value is -2.55. The van der Waals surface area contributed by atoms with Gasteiger partial charge < -0.3 is 9.80 Å². The predicted octanol–water partition coefficient (Wildman–Crippen LogP) is 6.44. The van der Waals surface area contributed by atoms with E-state index in [0.717, 1.165) is 18.4 Å². The molecule has 2 aromatic rings. The smallest absolute Gasteiger partial charge is 0.332 e. The van der Waals surface area contributed by atoms with Crippen molar-refractivity contribution >= 4 is 5.91 Å². The van der Waals surface area contributed by atoms with Crippen molar-refractivity contribution in [1.29, 1.82) is 0 Å². The van der Waals surface area contributed by atoms with Crippen molar-refractivity contribution < 1.29 is 31.1 Å². The Kier molecular flexibility index (Phi) is 6.68. The lowest BCUT2D eigenvalue weighted by atomic mass is 9.73. The third-order valence-corrected chi connectivity index (χ3v) is 7.56. The summed E-state index contributed by atoms with van der Waals surface area (Å²) in [5.74, 6) is -1.46. The van der Waals surface area contributed by atoms with E-state index in [1.807, 2.05) is 44.4 Å². The maximum absolute atomic E-state index is 13.7. The minimum Gasteiger partial charge on any atom is -0.332 e. The average Bonchev–Trinajstić information content (AvgIpc) is 3.20. The first-order valence-electron chi connectivity index (χ1n) is 11.7. The summed E-state index contributed by atoms with van der Waals surface area (Å²) in [5, 5.41) is 0. The van der Waals surface area contributed by atoms with Crippen molar-refractivity contribution in [3.8, 4) is 0 Å². The summed E-state index contributed by atoms with van der Waals surface area (Å²) in [6.07, 6.45) is -6.72.